The minimum absolute atomic E-state index is 0.0448. The molecule has 160 valence electrons. The smallest absolute Gasteiger partial charge is 0.408 e. The molecule has 0 saturated heterocycles. The third-order valence-electron chi connectivity index (χ3n) is 3.70. The van der Waals surface area contributed by atoms with Crippen LogP contribution in [0.25, 0.3) is 0 Å². The van der Waals surface area contributed by atoms with Gasteiger partial charge in [-0.05, 0) is 5.56 Å². The molecule has 0 radical (unpaired) electrons. The van der Waals surface area contributed by atoms with E-state index in [1.165, 1.54) is 0 Å². The van der Waals surface area contributed by atoms with E-state index in [1.54, 1.807) is 30.3 Å². The molecule has 2 aromatic carbocycles. The Morgan fingerprint density at radius 3 is 2.17 bits per heavy atom. The van der Waals surface area contributed by atoms with Crippen molar-refractivity contribution < 1.29 is 46.5 Å². The van der Waals surface area contributed by atoms with E-state index in [0.717, 1.165) is 0 Å². The molecule has 1 amide bonds. The number of amides is 1. The quantitative estimate of drug-likeness (QED) is 0.470. The van der Waals surface area contributed by atoms with Crippen LogP contribution in [-0.4, -0.2) is 35.6 Å². The van der Waals surface area contributed by atoms with Gasteiger partial charge in [-0.1, -0.05) is 30.3 Å². The summed E-state index contributed by atoms with van der Waals surface area (Å²) >= 11 is 0. The van der Waals surface area contributed by atoms with Crippen molar-refractivity contribution in [2.24, 2.45) is 0 Å². The van der Waals surface area contributed by atoms with Gasteiger partial charge in [-0.15, -0.1) is 0 Å². The number of carboxylic acids is 1. The monoisotopic (exact) mass is 429 g/mol. The van der Waals surface area contributed by atoms with Crippen molar-refractivity contribution in [3.8, 4) is 5.75 Å². The van der Waals surface area contributed by atoms with Gasteiger partial charge in [-0.3, -0.25) is 9.59 Å². The lowest BCUT2D eigenvalue weighted by atomic mass is 10.1. The summed E-state index contributed by atoms with van der Waals surface area (Å²) in [7, 11) is 0. The number of aliphatic carboxylic acids is 1. The molecule has 0 heterocycles. The van der Waals surface area contributed by atoms with Crippen molar-refractivity contribution in [2.45, 2.75) is 19.1 Å². The van der Waals surface area contributed by atoms with Gasteiger partial charge in [0.15, 0.2) is 23.2 Å². The van der Waals surface area contributed by atoms with Gasteiger partial charge >= 0.3 is 12.1 Å². The van der Waals surface area contributed by atoms with Gasteiger partial charge in [0.25, 0.3) is 0 Å². The first-order chi connectivity index (χ1) is 14.2. The number of ether oxygens (including phenoxy) is 2. The van der Waals surface area contributed by atoms with Crippen LogP contribution in [0, 0.1) is 23.3 Å². The maximum Gasteiger partial charge on any atom is 0.408 e. The zero-order valence-electron chi connectivity index (χ0n) is 15.2. The number of nitrogens with one attached hydrogen (secondary N) is 1. The Hall–Kier alpha value is -3.63. The SMILES string of the molecule is O=C(O)C[C@H](NC(=O)OCc1ccccc1)C(=O)COc1c(F)c(F)cc(F)c1F. The van der Waals surface area contributed by atoms with Gasteiger partial charge in [0, 0.05) is 6.07 Å². The zero-order chi connectivity index (χ0) is 22.3. The summed E-state index contributed by atoms with van der Waals surface area (Å²) in [5.74, 6) is -11.3. The Morgan fingerprint density at radius 2 is 1.60 bits per heavy atom. The Kier molecular flexibility index (Phi) is 7.73. The molecule has 0 saturated carbocycles. The highest BCUT2D eigenvalue weighted by Gasteiger charge is 2.27. The van der Waals surface area contributed by atoms with E-state index < -0.39 is 65.9 Å². The number of carbonyl (C=O) groups is 3. The summed E-state index contributed by atoms with van der Waals surface area (Å²) in [6.07, 6.45) is -2.03. The fourth-order valence-electron chi connectivity index (χ4n) is 2.25. The predicted octanol–water partition coefficient (Wildman–Crippen LogP) is 2.96. The van der Waals surface area contributed by atoms with Crippen molar-refractivity contribution in [2.75, 3.05) is 6.61 Å². The molecule has 0 aliphatic carbocycles. The van der Waals surface area contributed by atoms with E-state index in [1.807, 2.05) is 5.32 Å². The highest BCUT2D eigenvalue weighted by Crippen LogP contribution is 2.26. The van der Waals surface area contributed by atoms with Gasteiger partial charge in [0.1, 0.15) is 19.3 Å². The number of halogens is 4. The van der Waals surface area contributed by atoms with Crippen molar-refractivity contribution in [3.63, 3.8) is 0 Å². The summed E-state index contributed by atoms with van der Waals surface area (Å²) in [5, 5.41) is 10.9. The van der Waals surface area contributed by atoms with E-state index in [4.69, 9.17) is 9.84 Å². The van der Waals surface area contributed by atoms with Gasteiger partial charge in [0.05, 0.1) is 6.42 Å². The topological polar surface area (TPSA) is 102 Å². The molecule has 0 bridgehead atoms. The number of alkyl carbamates (subject to hydrolysis) is 1. The molecule has 11 heteroatoms. The van der Waals surface area contributed by atoms with Crippen LogP contribution in [0.2, 0.25) is 0 Å². The summed E-state index contributed by atoms with van der Waals surface area (Å²) in [4.78, 5) is 35.0. The minimum atomic E-state index is -1.87. The second-order valence-electron chi connectivity index (χ2n) is 5.91. The van der Waals surface area contributed by atoms with Crippen LogP contribution in [0.15, 0.2) is 36.4 Å². The van der Waals surface area contributed by atoms with E-state index in [-0.39, 0.29) is 12.7 Å². The fourth-order valence-corrected chi connectivity index (χ4v) is 2.25. The predicted molar refractivity (Wildman–Crippen MR) is 92.6 cm³/mol. The molecule has 30 heavy (non-hydrogen) atoms. The summed E-state index contributed by atoms with van der Waals surface area (Å²) in [6.45, 7) is -1.34. The lowest BCUT2D eigenvalue weighted by Gasteiger charge is -2.16. The van der Waals surface area contributed by atoms with Gasteiger partial charge < -0.3 is 19.9 Å². The molecule has 0 aliphatic rings. The van der Waals surface area contributed by atoms with Crippen molar-refractivity contribution in [3.05, 3.63) is 65.2 Å². The Morgan fingerprint density at radius 1 is 1.00 bits per heavy atom. The van der Waals surface area contributed by atoms with Crippen molar-refractivity contribution in [1.82, 2.24) is 5.32 Å². The van der Waals surface area contributed by atoms with Crippen molar-refractivity contribution >= 4 is 17.8 Å². The van der Waals surface area contributed by atoms with Crippen LogP contribution in [0.1, 0.15) is 12.0 Å². The lowest BCUT2D eigenvalue weighted by molar-refractivity contribution is -0.139. The van der Waals surface area contributed by atoms with E-state index in [2.05, 4.69) is 4.74 Å². The number of Topliss-reactive ketones (excluding diaryl/α,β-unsaturated/α-hetero) is 1. The van der Waals surface area contributed by atoms with E-state index >= 15 is 0 Å². The average molecular weight is 429 g/mol. The second-order valence-corrected chi connectivity index (χ2v) is 5.91. The van der Waals surface area contributed by atoms with Crippen LogP contribution < -0.4 is 10.1 Å². The molecule has 0 aromatic heterocycles. The summed E-state index contributed by atoms with van der Waals surface area (Å²) in [5.41, 5.74) is 0.621. The number of benzene rings is 2. The Labute approximate surface area is 167 Å². The number of carbonyl (C=O) groups excluding carboxylic acids is 2. The summed E-state index contributed by atoms with van der Waals surface area (Å²) < 4.78 is 62.9. The number of rotatable bonds is 9. The Bertz CT molecular complexity index is 912. The highest BCUT2D eigenvalue weighted by molar-refractivity contribution is 5.91. The molecule has 2 aromatic rings. The molecule has 7 nitrogen and oxygen atoms in total. The number of hydrogen-bond acceptors (Lipinski definition) is 5. The minimum Gasteiger partial charge on any atom is -0.481 e. The number of ketones is 1. The molecule has 0 spiro atoms. The lowest BCUT2D eigenvalue weighted by Crippen LogP contribution is -2.44. The molecular weight excluding hydrogens is 414 g/mol. The maximum atomic E-state index is 13.6. The first kappa shape index (κ1) is 22.7. The molecule has 1 atom stereocenters. The summed E-state index contributed by atoms with van der Waals surface area (Å²) in [6, 6.07) is 6.70. The molecule has 0 unspecified atom stereocenters. The largest absolute Gasteiger partial charge is 0.481 e. The Balaban J connectivity index is 2.01. The van der Waals surface area contributed by atoms with Crippen LogP contribution in [0.3, 0.4) is 0 Å². The van der Waals surface area contributed by atoms with E-state index in [0.29, 0.717) is 5.56 Å². The van der Waals surface area contributed by atoms with Crippen LogP contribution >= 0.6 is 0 Å². The fraction of sp³-hybridized carbons (Fsp3) is 0.211. The molecule has 0 fully saturated rings. The third kappa shape index (κ3) is 6.19. The maximum absolute atomic E-state index is 13.6. The van der Waals surface area contributed by atoms with Crippen LogP contribution in [-0.2, 0) is 20.9 Å². The van der Waals surface area contributed by atoms with Crippen LogP contribution in [0.4, 0.5) is 22.4 Å². The van der Waals surface area contributed by atoms with E-state index in [9.17, 15) is 31.9 Å². The zero-order valence-corrected chi connectivity index (χ0v) is 15.2. The molecular formula is C19H15F4NO6. The highest BCUT2D eigenvalue weighted by atomic mass is 19.2. The second kappa shape index (κ2) is 10.2. The average Bonchev–Trinajstić information content (AvgIpc) is 2.70. The normalized spacial score (nSPS) is 11.5. The van der Waals surface area contributed by atoms with Gasteiger partial charge in [0.2, 0.25) is 11.6 Å². The number of hydrogen-bond donors (Lipinski definition) is 2. The molecule has 2 N–H and O–H groups in total. The molecule has 2 rings (SSSR count). The number of carboxylic acid groups (broad SMARTS) is 1. The standard InChI is InChI=1S/C19H15F4NO6/c20-11-6-12(21)17(23)18(16(11)22)29-9-14(25)13(7-15(26)27)24-19(28)30-8-10-4-2-1-3-5-10/h1-6,13H,7-9H2,(H,24,28)(H,26,27)/t13-/m0/s1. The van der Waals surface area contributed by atoms with Gasteiger partial charge in [-0.2, -0.15) is 8.78 Å². The first-order valence-corrected chi connectivity index (χ1v) is 8.36. The van der Waals surface area contributed by atoms with Crippen LogP contribution in [0.5, 0.6) is 5.75 Å². The third-order valence-corrected chi connectivity index (χ3v) is 3.70. The molecule has 0 aliphatic heterocycles. The van der Waals surface area contributed by atoms with Crippen molar-refractivity contribution in [1.29, 1.82) is 0 Å². The van der Waals surface area contributed by atoms with Gasteiger partial charge in [-0.25, -0.2) is 13.6 Å². The first-order valence-electron chi connectivity index (χ1n) is 8.36.